The number of ether oxygens (including phenoxy) is 1. The van der Waals surface area contributed by atoms with Crippen LogP contribution in [0, 0.1) is 17.2 Å². The molecular weight excluding hydrogens is 238 g/mol. The number of anilines is 1. The van der Waals surface area contributed by atoms with E-state index in [1.54, 1.807) is 6.07 Å². The number of nitrogen functional groups attached to an aromatic ring is 1. The van der Waals surface area contributed by atoms with E-state index in [9.17, 15) is 5.26 Å². The quantitative estimate of drug-likeness (QED) is 0.844. The molecular formula is C15H20N3O. The molecule has 1 saturated heterocycles. The summed E-state index contributed by atoms with van der Waals surface area (Å²) < 4.78 is 5.82. The van der Waals surface area contributed by atoms with Crippen LogP contribution in [0.25, 0.3) is 0 Å². The van der Waals surface area contributed by atoms with Crippen LogP contribution in [0.15, 0.2) is 18.2 Å². The van der Waals surface area contributed by atoms with Crippen molar-refractivity contribution in [3.8, 4) is 6.07 Å². The number of benzene rings is 1. The van der Waals surface area contributed by atoms with Gasteiger partial charge in [-0.3, -0.25) is 4.90 Å². The molecule has 0 unspecified atom stereocenters. The molecule has 0 amide bonds. The Morgan fingerprint density at radius 1 is 1.53 bits per heavy atom. The molecule has 1 atom stereocenters. The largest absolute Gasteiger partial charge is 0.399 e. The molecule has 2 rings (SSSR count). The van der Waals surface area contributed by atoms with Gasteiger partial charge in [0.1, 0.15) is 0 Å². The van der Waals surface area contributed by atoms with Crippen LogP contribution in [0.2, 0.25) is 0 Å². The highest BCUT2D eigenvalue weighted by molar-refractivity contribution is 5.50. The second kappa shape index (κ2) is 6.05. The van der Waals surface area contributed by atoms with E-state index in [1.807, 2.05) is 12.1 Å². The van der Waals surface area contributed by atoms with E-state index < -0.39 is 0 Å². The van der Waals surface area contributed by atoms with Crippen LogP contribution in [0.3, 0.4) is 0 Å². The van der Waals surface area contributed by atoms with Gasteiger partial charge in [-0.25, -0.2) is 0 Å². The van der Waals surface area contributed by atoms with Crippen molar-refractivity contribution in [2.45, 2.75) is 20.0 Å². The maximum Gasteiger partial charge on any atom is 0.0996 e. The third-order valence-electron chi connectivity index (χ3n) is 3.24. The molecule has 19 heavy (non-hydrogen) atoms. The predicted octanol–water partition coefficient (Wildman–Crippen LogP) is 2.13. The molecule has 0 aliphatic carbocycles. The van der Waals surface area contributed by atoms with Gasteiger partial charge in [0.05, 0.1) is 24.3 Å². The van der Waals surface area contributed by atoms with Crippen molar-refractivity contribution in [1.29, 1.82) is 5.26 Å². The maximum atomic E-state index is 9.21. The second-order valence-electron chi connectivity index (χ2n) is 5.26. The van der Waals surface area contributed by atoms with Crippen molar-refractivity contribution < 1.29 is 4.74 Å². The van der Waals surface area contributed by atoms with Gasteiger partial charge in [0, 0.05) is 25.3 Å². The van der Waals surface area contributed by atoms with Gasteiger partial charge in [0.25, 0.3) is 0 Å². The Morgan fingerprint density at radius 2 is 2.32 bits per heavy atom. The fraction of sp³-hybridized carbons (Fsp3) is 0.467. The summed E-state index contributed by atoms with van der Waals surface area (Å²) in [6.07, 6.45) is -0.0386. The van der Waals surface area contributed by atoms with E-state index in [4.69, 9.17) is 10.5 Å². The van der Waals surface area contributed by atoms with E-state index in [2.05, 4.69) is 24.8 Å². The standard InChI is InChI=1S/C15H20N3O/c1-11(2)9-18-5-6-19-15(10-18)14-4-3-13(17)7-12(14)8-16/h3-4,7,15H,5-6,9-10,17H2,1-2H3/t15-/m0/s1. The van der Waals surface area contributed by atoms with Gasteiger partial charge >= 0.3 is 0 Å². The van der Waals surface area contributed by atoms with Gasteiger partial charge in [0.2, 0.25) is 0 Å². The van der Waals surface area contributed by atoms with Crippen LogP contribution in [-0.2, 0) is 4.74 Å². The summed E-state index contributed by atoms with van der Waals surface area (Å²) in [5.41, 5.74) is 7.89. The summed E-state index contributed by atoms with van der Waals surface area (Å²) in [6.45, 7) is 7.72. The van der Waals surface area contributed by atoms with Crippen LogP contribution in [-0.4, -0.2) is 31.1 Å². The lowest BCUT2D eigenvalue weighted by Crippen LogP contribution is -2.40. The summed E-state index contributed by atoms with van der Waals surface area (Å²) in [5, 5.41) is 9.21. The smallest absolute Gasteiger partial charge is 0.0996 e. The number of morpholine rings is 1. The minimum atomic E-state index is -0.0386. The summed E-state index contributed by atoms with van der Waals surface area (Å²) in [7, 11) is 0. The van der Waals surface area contributed by atoms with Crippen LogP contribution in [0.5, 0.6) is 0 Å². The fourth-order valence-electron chi connectivity index (χ4n) is 2.43. The van der Waals surface area contributed by atoms with Gasteiger partial charge in [-0.2, -0.15) is 5.26 Å². The van der Waals surface area contributed by atoms with Crippen molar-refractivity contribution in [1.82, 2.24) is 4.90 Å². The number of nitrogens with two attached hydrogens (primary N) is 1. The van der Waals surface area contributed by atoms with Gasteiger partial charge in [-0.05, 0) is 23.6 Å². The first-order valence-electron chi connectivity index (χ1n) is 6.52. The fourth-order valence-corrected chi connectivity index (χ4v) is 2.43. The van der Waals surface area contributed by atoms with Crippen molar-refractivity contribution in [3.05, 3.63) is 35.2 Å². The number of nitrogens with zero attached hydrogens (tertiary/aromatic N) is 2. The molecule has 101 valence electrons. The van der Waals surface area contributed by atoms with Crippen molar-refractivity contribution in [2.24, 2.45) is 0 Å². The lowest BCUT2D eigenvalue weighted by molar-refractivity contribution is -0.0284. The average Bonchev–Trinajstić information content (AvgIpc) is 2.38. The molecule has 1 heterocycles. The third-order valence-corrected chi connectivity index (χ3v) is 3.24. The highest BCUT2D eigenvalue weighted by Gasteiger charge is 2.24. The van der Waals surface area contributed by atoms with Crippen molar-refractivity contribution in [3.63, 3.8) is 0 Å². The van der Waals surface area contributed by atoms with Gasteiger partial charge in [0.15, 0.2) is 0 Å². The SMILES string of the molecule is C[C](C)CN1CCO[C@H](c2ccc(N)cc2C#N)C1. The molecule has 1 aliphatic rings. The molecule has 0 bridgehead atoms. The molecule has 4 heteroatoms. The summed E-state index contributed by atoms with van der Waals surface area (Å²) in [5.74, 6) is 1.39. The van der Waals surface area contributed by atoms with Crippen LogP contribution in [0.4, 0.5) is 5.69 Å². The molecule has 4 nitrogen and oxygen atoms in total. The highest BCUT2D eigenvalue weighted by Crippen LogP contribution is 2.26. The lowest BCUT2D eigenvalue weighted by Gasteiger charge is -2.34. The zero-order chi connectivity index (χ0) is 13.8. The van der Waals surface area contributed by atoms with Crippen LogP contribution in [0.1, 0.15) is 31.1 Å². The number of hydrogen-bond donors (Lipinski definition) is 1. The minimum Gasteiger partial charge on any atom is -0.399 e. The summed E-state index contributed by atoms with van der Waals surface area (Å²) in [6, 6.07) is 7.66. The Hall–Kier alpha value is -1.57. The zero-order valence-corrected chi connectivity index (χ0v) is 11.5. The molecule has 1 aromatic rings. The molecule has 0 spiro atoms. The molecule has 0 saturated carbocycles. The first kappa shape index (κ1) is 13.9. The first-order chi connectivity index (χ1) is 9.10. The van der Waals surface area contributed by atoms with Gasteiger partial charge < -0.3 is 10.5 Å². The molecule has 1 aromatic carbocycles. The molecule has 0 aromatic heterocycles. The third kappa shape index (κ3) is 3.46. The monoisotopic (exact) mass is 258 g/mol. The van der Waals surface area contributed by atoms with Crippen LogP contribution < -0.4 is 5.73 Å². The van der Waals surface area contributed by atoms with E-state index in [1.165, 1.54) is 5.92 Å². The lowest BCUT2D eigenvalue weighted by atomic mass is 10.0. The van der Waals surface area contributed by atoms with Crippen molar-refractivity contribution >= 4 is 5.69 Å². The molecule has 1 radical (unpaired) electrons. The van der Waals surface area contributed by atoms with Gasteiger partial charge in [-0.1, -0.05) is 19.9 Å². The molecule has 1 aliphatic heterocycles. The Morgan fingerprint density at radius 3 is 3.00 bits per heavy atom. The average molecular weight is 258 g/mol. The van der Waals surface area contributed by atoms with E-state index >= 15 is 0 Å². The summed E-state index contributed by atoms with van der Waals surface area (Å²) >= 11 is 0. The van der Waals surface area contributed by atoms with E-state index in [0.29, 0.717) is 17.9 Å². The highest BCUT2D eigenvalue weighted by atomic mass is 16.5. The molecule has 1 fully saturated rings. The van der Waals surface area contributed by atoms with E-state index in [-0.39, 0.29) is 6.10 Å². The van der Waals surface area contributed by atoms with Crippen LogP contribution >= 0.6 is 0 Å². The van der Waals surface area contributed by atoms with Crippen molar-refractivity contribution in [2.75, 3.05) is 32.0 Å². The Balaban J connectivity index is 2.15. The zero-order valence-electron chi connectivity index (χ0n) is 11.5. The Kier molecular flexibility index (Phi) is 4.41. The minimum absolute atomic E-state index is 0.0386. The molecule has 2 N–H and O–H groups in total. The van der Waals surface area contributed by atoms with Gasteiger partial charge in [-0.15, -0.1) is 0 Å². The Bertz CT molecular complexity index is 479. The summed E-state index contributed by atoms with van der Waals surface area (Å²) in [4.78, 5) is 2.36. The number of nitriles is 1. The number of rotatable bonds is 3. The maximum absolute atomic E-state index is 9.21. The topological polar surface area (TPSA) is 62.3 Å². The normalized spacial score (nSPS) is 20.4. The second-order valence-corrected chi connectivity index (χ2v) is 5.26. The predicted molar refractivity (Wildman–Crippen MR) is 75.3 cm³/mol. The Labute approximate surface area is 114 Å². The first-order valence-corrected chi connectivity index (χ1v) is 6.52. The number of hydrogen-bond acceptors (Lipinski definition) is 4. The van der Waals surface area contributed by atoms with E-state index in [0.717, 1.165) is 25.2 Å².